The van der Waals surface area contributed by atoms with Gasteiger partial charge in [-0.1, -0.05) is 10.8 Å². The lowest BCUT2D eigenvalue weighted by atomic mass is 10.4. The minimum atomic E-state index is 0.335. The normalized spacial score (nSPS) is 23.5. The van der Waals surface area contributed by atoms with E-state index in [9.17, 15) is 0 Å². The molecule has 0 saturated carbocycles. The number of ether oxygens (including phenoxy) is 1. The van der Waals surface area contributed by atoms with Crippen molar-refractivity contribution in [2.24, 2.45) is 0 Å². The molecule has 0 aromatic rings. The first kappa shape index (κ1) is 10.1. The molecule has 1 saturated heterocycles. The topological polar surface area (TPSA) is 12.5 Å². The van der Waals surface area contributed by atoms with Crippen LogP contribution in [0.3, 0.4) is 0 Å². The zero-order chi connectivity index (χ0) is 8.10. The molecule has 1 aliphatic rings. The van der Waals surface area contributed by atoms with Crippen LogP contribution in [0.4, 0.5) is 0 Å². The summed E-state index contributed by atoms with van der Waals surface area (Å²) in [5.74, 6) is 0.965. The predicted octanol–water partition coefficient (Wildman–Crippen LogP) is 1.15. The molecule has 1 heterocycles. The van der Waals surface area contributed by atoms with Crippen LogP contribution in [0.2, 0.25) is 0 Å². The minimum Gasteiger partial charge on any atom is -0.379 e. The van der Waals surface area contributed by atoms with Gasteiger partial charge in [-0.3, -0.25) is 4.90 Å². The number of morpholine rings is 1. The highest BCUT2D eigenvalue weighted by Crippen LogP contribution is 2.15. The highest BCUT2D eigenvalue weighted by atomic mass is 33.1. The van der Waals surface area contributed by atoms with E-state index in [1.165, 1.54) is 10.8 Å². The summed E-state index contributed by atoms with van der Waals surface area (Å²) >= 11 is 8.54. The van der Waals surface area contributed by atoms with E-state index in [0.29, 0.717) is 5.37 Å². The van der Waals surface area contributed by atoms with Gasteiger partial charge in [0.2, 0.25) is 0 Å². The molecule has 0 aromatic heterocycles. The van der Waals surface area contributed by atoms with Crippen molar-refractivity contribution in [3.8, 4) is 0 Å². The maximum absolute atomic E-state index is 5.23. The van der Waals surface area contributed by atoms with Crippen LogP contribution in [0.5, 0.6) is 0 Å². The van der Waals surface area contributed by atoms with Gasteiger partial charge in [0.1, 0.15) is 0 Å². The monoisotopic (exact) mass is 211 g/mol. The Morgan fingerprint density at radius 2 is 2.09 bits per heavy atom. The second-order valence-electron chi connectivity index (χ2n) is 2.42. The van der Waals surface area contributed by atoms with E-state index in [-0.39, 0.29) is 0 Å². The quantitative estimate of drug-likeness (QED) is 0.537. The highest BCUT2D eigenvalue weighted by molar-refractivity contribution is 8.68. The molecule has 0 aromatic carbocycles. The molecule has 1 fully saturated rings. The summed E-state index contributed by atoms with van der Waals surface area (Å²) in [5.41, 5.74) is 0. The zero-order valence-electron chi connectivity index (χ0n) is 6.27. The molecule has 0 bridgehead atoms. The fourth-order valence-electron chi connectivity index (χ4n) is 1.05. The Kier molecular flexibility index (Phi) is 5.11. The molecular formula is C6H13NOS3. The van der Waals surface area contributed by atoms with Crippen LogP contribution in [-0.4, -0.2) is 42.3 Å². The molecule has 11 heavy (non-hydrogen) atoms. The molecule has 0 N–H and O–H groups in total. The van der Waals surface area contributed by atoms with Crippen LogP contribution in [0.15, 0.2) is 0 Å². The molecule has 0 spiro atoms. The molecule has 0 amide bonds. The highest BCUT2D eigenvalue weighted by Gasteiger charge is 2.16. The number of nitrogens with zero attached hydrogens (tertiary/aromatic N) is 1. The molecule has 66 valence electrons. The van der Waals surface area contributed by atoms with Gasteiger partial charge in [-0.2, -0.15) is 12.6 Å². The zero-order valence-corrected chi connectivity index (χ0v) is 8.88. The van der Waals surface area contributed by atoms with Gasteiger partial charge >= 0.3 is 0 Å². The van der Waals surface area contributed by atoms with Crippen molar-refractivity contribution in [3.63, 3.8) is 0 Å². The van der Waals surface area contributed by atoms with Gasteiger partial charge in [-0.05, 0) is 0 Å². The van der Waals surface area contributed by atoms with E-state index >= 15 is 0 Å². The minimum absolute atomic E-state index is 0.335. The number of hydrogen-bond acceptors (Lipinski definition) is 5. The van der Waals surface area contributed by atoms with Crippen LogP contribution in [0, 0.1) is 0 Å². The second kappa shape index (κ2) is 5.59. The van der Waals surface area contributed by atoms with Gasteiger partial charge in [0.25, 0.3) is 0 Å². The van der Waals surface area contributed by atoms with Crippen LogP contribution in [-0.2, 0) is 4.74 Å². The lowest BCUT2D eigenvalue weighted by Gasteiger charge is -2.30. The van der Waals surface area contributed by atoms with E-state index in [1.54, 1.807) is 0 Å². The number of thiol groups is 2. The van der Waals surface area contributed by atoms with Crippen LogP contribution < -0.4 is 0 Å². The third-order valence-corrected chi connectivity index (χ3v) is 3.36. The van der Waals surface area contributed by atoms with Gasteiger partial charge in [0.15, 0.2) is 0 Å². The van der Waals surface area contributed by atoms with Crippen LogP contribution >= 0.6 is 35.1 Å². The lowest BCUT2D eigenvalue weighted by Crippen LogP contribution is -2.42. The van der Waals surface area contributed by atoms with Gasteiger partial charge in [-0.15, -0.1) is 11.7 Å². The number of hydrogen-bond donors (Lipinski definition) is 2. The van der Waals surface area contributed by atoms with Crippen molar-refractivity contribution in [3.05, 3.63) is 0 Å². The van der Waals surface area contributed by atoms with E-state index in [4.69, 9.17) is 4.74 Å². The smallest absolute Gasteiger partial charge is 0.0629 e. The predicted molar refractivity (Wildman–Crippen MR) is 56.6 cm³/mol. The molecule has 1 atom stereocenters. The standard InChI is InChI=1S/C6H13NOS3/c9-6(5-11-10)7-1-3-8-4-2-7/h6,9-10H,1-5H2. The average Bonchev–Trinajstić information content (AvgIpc) is 2.07. The Labute approximate surface area is 82.3 Å². The van der Waals surface area contributed by atoms with E-state index in [2.05, 4.69) is 29.2 Å². The number of rotatable bonds is 3. The Morgan fingerprint density at radius 1 is 1.45 bits per heavy atom. The summed E-state index contributed by atoms with van der Waals surface area (Å²) in [7, 11) is 1.54. The molecular weight excluding hydrogens is 198 g/mol. The first-order valence-electron chi connectivity index (χ1n) is 3.61. The van der Waals surface area contributed by atoms with Crippen LogP contribution in [0.25, 0.3) is 0 Å². The third kappa shape index (κ3) is 3.46. The molecule has 1 unspecified atom stereocenters. The molecule has 2 nitrogen and oxygen atoms in total. The first-order valence-corrected chi connectivity index (χ1v) is 6.16. The molecule has 0 radical (unpaired) electrons. The third-order valence-electron chi connectivity index (χ3n) is 1.69. The molecule has 1 rings (SSSR count). The van der Waals surface area contributed by atoms with Crippen molar-refractivity contribution in [2.45, 2.75) is 5.37 Å². The summed E-state index contributed by atoms with van der Waals surface area (Å²) in [6, 6.07) is 0. The van der Waals surface area contributed by atoms with Crippen molar-refractivity contribution in [1.29, 1.82) is 0 Å². The average molecular weight is 211 g/mol. The van der Waals surface area contributed by atoms with Crippen molar-refractivity contribution in [1.82, 2.24) is 4.90 Å². The summed E-state index contributed by atoms with van der Waals surface area (Å²) < 4.78 is 5.23. The van der Waals surface area contributed by atoms with E-state index < -0.39 is 0 Å². The maximum Gasteiger partial charge on any atom is 0.0629 e. The van der Waals surface area contributed by atoms with Crippen molar-refractivity contribution < 1.29 is 4.74 Å². The van der Waals surface area contributed by atoms with Gasteiger partial charge < -0.3 is 4.74 Å². The van der Waals surface area contributed by atoms with E-state index in [1.807, 2.05) is 0 Å². The SMILES string of the molecule is SSCC(S)N1CCOCC1. The Balaban J connectivity index is 2.21. The Morgan fingerprint density at radius 3 is 2.64 bits per heavy atom. The van der Waals surface area contributed by atoms with Gasteiger partial charge in [0.05, 0.1) is 18.6 Å². The Hall–Kier alpha value is 0.970. The molecule has 5 heteroatoms. The first-order chi connectivity index (χ1) is 5.34. The summed E-state index contributed by atoms with van der Waals surface area (Å²) in [5, 5.41) is 0.335. The summed E-state index contributed by atoms with van der Waals surface area (Å²) in [4.78, 5) is 2.32. The van der Waals surface area contributed by atoms with E-state index in [0.717, 1.165) is 32.1 Å². The molecule has 0 aliphatic carbocycles. The maximum atomic E-state index is 5.23. The Bertz CT molecular complexity index is 108. The summed E-state index contributed by atoms with van der Waals surface area (Å²) in [6.07, 6.45) is 0. The second-order valence-corrected chi connectivity index (χ2v) is 4.39. The van der Waals surface area contributed by atoms with Gasteiger partial charge in [0, 0.05) is 18.8 Å². The van der Waals surface area contributed by atoms with Crippen molar-refractivity contribution in [2.75, 3.05) is 32.1 Å². The summed E-state index contributed by atoms with van der Waals surface area (Å²) in [6.45, 7) is 3.69. The fraction of sp³-hybridized carbons (Fsp3) is 1.00. The van der Waals surface area contributed by atoms with Crippen LogP contribution in [0.1, 0.15) is 0 Å². The van der Waals surface area contributed by atoms with Gasteiger partial charge in [-0.25, -0.2) is 0 Å². The molecule has 1 aliphatic heterocycles. The largest absolute Gasteiger partial charge is 0.379 e. The fourth-order valence-corrected chi connectivity index (χ4v) is 2.62. The lowest BCUT2D eigenvalue weighted by molar-refractivity contribution is 0.0361. The van der Waals surface area contributed by atoms with Crippen molar-refractivity contribution >= 4 is 35.1 Å².